The summed E-state index contributed by atoms with van der Waals surface area (Å²) >= 11 is 0. The minimum absolute atomic E-state index is 0.381. The van der Waals surface area contributed by atoms with Crippen LogP contribution in [0.1, 0.15) is 18.6 Å². The number of rotatable bonds is 6. The summed E-state index contributed by atoms with van der Waals surface area (Å²) < 4.78 is 17.2. The van der Waals surface area contributed by atoms with Crippen LogP contribution in [-0.4, -0.2) is 69.0 Å². The zero-order chi connectivity index (χ0) is 16.4. The van der Waals surface area contributed by atoms with E-state index >= 15 is 0 Å². The standard InChI is InChI=1S/C19H30N2O3/c1-20(11-17-3-2-7-23-17)12-19-18-4-6-21(10-16(18)14-24-19)9-15-5-8-22-13-15/h2-3,7,15-16,18-19H,4-6,8-14H2,1H3/t15-,16-,18-,19+/m1/s1. The molecule has 3 aliphatic heterocycles. The van der Waals surface area contributed by atoms with Crippen LogP contribution in [0.4, 0.5) is 0 Å². The Morgan fingerprint density at radius 1 is 1.29 bits per heavy atom. The molecule has 4 atom stereocenters. The number of hydrogen-bond donors (Lipinski definition) is 0. The molecule has 0 N–H and O–H groups in total. The normalized spacial score (nSPS) is 34.1. The van der Waals surface area contributed by atoms with Crippen LogP contribution in [0.25, 0.3) is 0 Å². The third kappa shape index (κ3) is 3.85. The van der Waals surface area contributed by atoms with E-state index in [9.17, 15) is 0 Å². The fraction of sp³-hybridized carbons (Fsp3) is 0.789. The minimum atomic E-state index is 0.381. The summed E-state index contributed by atoms with van der Waals surface area (Å²) in [4.78, 5) is 4.98. The van der Waals surface area contributed by atoms with Crippen molar-refractivity contribution in [2.75, 3.05) is 53.0 Å². The average Bonchev–Trinajstić information content (AvgIpc) is 3.30. The Bertz CT molecular complexity index is 501. The van der Waals surface area contributed by atoms with Crippen molar-refractivity contribution >= 4 is 0 Å². The molecule has 3 fully saturated rings. The summed E-state index contributed by atoms with van der Waals surface area (Å²) in [5.41, 5.74) is 0. The van der Waals surface area contributed by atoms with Gasteiger partial charge in [-0.25, -0.2) is 0 Å². The Labute approximate surface area is 144 Å². The van der Waals surface area contributed by atoms with Gasteiger partial charge in [0.05, 0.1) is 32.1 Å². The lowest BCUT2D eigenvalue weighted by molar-refractivity contribution is 0.0526. The maximum absolute atomic E-state index is 6.18. The summed E-state index contributed by atoms with van der Waals surface area (Å²) in [6, 6.07) is 4.00. The van der Waals surface area contributed by atoms with E-state index in [1.54, 1.807) is 6.26 Å². The van der Waals surface area contributed by atoms with Gasteiger partial charge in [0.2, 0.25) is 0 Å². The highest BCUT2D eigenvalue weighted by Crippen LogP contribution is 2.35. The molecule has 0 radical (unpaired) electrons. The topological polar surface area (TPSA) is 38.1 Å². The van der Waals surface area contributed by atoms with Crippen molar-refractivity contribution in [1.29, 1.82) is 0 Å². The molecule has 5 heteroatoms. The molecule has 0 unspecified atom stereocenters. The predicted molar refractivity (Wildman–Crippen MR) is 91.7 cm³/mol. The van der Waals surface area contributed by atoms with E-state index in [2.05, 4.69) is 16.8 Å². The second-order valence-corrected chi connectivity index (χ2v) is 7.85. The van der Waals surface area contributed by atoms with Gasteiger partial charge in [-0.3, -0.25) is 4.90 Å². The van der Waals surface area contributed by atoms with Gasteiger partial charge in [-0.05, 0) is 50.4 Å². The Hall–Kier alpha value is -0.880. The van der Waals surface area contributed by atoms with Gasteiger partial charge in [-0.1, -0.05) is 0 Å². The number of hydrogen-bond acceptors (Lipinski definition) is 5. The first-order valence-electron chi connectivity index (χ1n) is 9.40. The van der Waals surface area contributed by atoms with Gasteiger partial charge in [-0.15, -0.1) is 0 Å². The molecule has 24 heavy (non-hydrogen) atoms. The fourth-order valence-electron chi connectivity index (χ4n) is 4.65. The zero-order valence-corrected chi connectivity index (χ0v) is 14.7. The van der Waals surface area contributed by atoms with E-state index in [1.165, 1.54) is 32.5 Å². The molecule has 0 saturated carbocycles. The van der Waals surface area contributed by atoms with E-state index in [-0.39, 0.29) is 0 Å². The number of fused-ring (bicyclic) bond motifs is 1. The summed E-state index contributed by atoms with van der Waals surface area (Å²) in [5, 5.41) is 0. The lowest BCUT2D eigenvalue weighted by atomic mass is 9.83. The molecule has 4 heterocycles. The van der Waals surface area contributed by atoms with Crippen LogP contribution < -0.4 is 0 Å². The number of likely N-dealkylation sites (tertiary alicyclic amines) is 1. The van der Waals surface area contributed by atoms with E-state index in [0.29, 0.717) is 12.0 Å². The second-order valence-electron chi connectivity index (χ2n) is 7.85. The van der Waals surface area contributed by atoms with Crippen molar-refractivity contribution in [2.45, 2.75) is 25.5 Å². The number of nitrogens with zero attached hydrogens (tertiary/aromatic N) is 2. The molecular weight excluding hydrogens is 304 g/mol. The molecule has 4 rings (SSSR count). The lowest BCUT2D eigenvalue weighted by Crippen LogP contribution is -2.45. The molecule has 0 amide bonds. The van der Waals surface area contributed by atoms with Gasteiger partial charge in [0.15, 0.2) is 0 Å². The van der Waals surface area contributed by atoms with Crippen LogP contribution in [0.3, 0.4) is 0 Å². The molecule has 134 valence electrons. The van der Waals surface area contributed by atoms with Crippen LogP contribution in [0.15, 0.2) is 22.8 Å². The largest absolute Gasteiger partial charge is 0.468 e. The Morgan fingerprint density at radius 2 is 2.25 bits per heavy atom. The van der Waals surface area contributed by atoms with Crippen LogP contribution in [0.5, 0.6) is 0 Å². The molecule has 1 aromatic heterocycles. The predicted octanol–water partition coefficient (Wildman–Crippen LogP) is 2.08. The van der Waals surface area contributed by atoms with Crippen molar-refractivity contribution < 1.29 is 13.9 Å². The molecule has 1 aromatic rings. The molecule has 0 aromatic carbocycles. The second kappa shape index (κ2) is 7.56. The third-order valence-corrected chi connectivity index (χ3v) is 5.92. The third-order valence-electron chi connectivity index (χ3n) is 5.92. The van der Waals surface area contributed by atoms with Gasteiger partial charge in [-0.2, -0.15) is 0 Å². The maximum atomic E-state index is 6.18. The molecule has 0 aliphatic carbocycles. The summed E-state index contributed by atoms with van der Waals surface area (Å²) in [6.07, 6.45) is 4.64. The zero-order valence-electron chi connectivity index (χ0n) is 14.7. The first-order valence-corrected chi connectivity index (χ1v) is 9.40. The van der Waals surface area contributed by atoms with Crippen LogP contribution in [-0.2, 0) is 16.0 Å². The molecule has 3 aliphatic rings. The van der Waals surface area contributed by atoms with E-state index in [1.807, 2.05) is 12.1 Å². The summed E-state index contributed by atoms with van der Waals surface area (Å²) in [5.74, 6) is 3.21. The Kier molecular flexibility index (Phi) is 5.22. The number of furan rings is 1. The van der Waals surface area contributed by atoms with Crippen molar-refractivity contribution in [3.8, 4) is 0 Å². The smallest absolute Gasteiger partial charge is 0.117 e. The average molecular weight is 334 g/mol. The Morgan fingerprint density at radius 3 is 3.04 bits per heavy atom. The fourth-order valence-corrected chi connectivity index (χ4v) is 4.65. The van der Waals surface area contributed by atoms with Gasteiger partial charge in [0, 0.05) is 32.2 Å². The highest BCUT2D eigenvalue weighted by atomic mass is 16.5. The van der Waals surface area contributed by atoms with Gasteiger partial charge >= 0.3 is 0 Å². The van der Waals surface area contributed by atoms with Gasteiger partial charge in [0.25, 0.3) is 0 Å². The van der Waals surface area contributed by atoms with Crippen LogP contribution >= 0.6 is 0 Å². The summed E-state index contributed by atoms with van der Waals surface area (Å²) in [7, 11) is 2.16. The van der Waals surface area contributed by atoms with Gasteiger partial charge in [0.1, 0.15) is 5.76 Å². The highest BCUT2D eigenvalue weighted by Gasteiger charge is 2.41. The van der Waals surface area contributed by atoms with Crippen molar-refractivity contribution in [1.82, 2.24) is 9.80 Å². The molecule has 5 nitrogen and oxygen atoms in total. The monoisotopic (exact) mass is 334 g/mol. The number of ether oxygens (including phenoxy) is 2. The SMILES string of the molecule is CN(Cc1ccco1)C[C@@H]1OC[C@H]2CN(C[C@H]3CCOC3)CC[C@H]21. The van der Waals surface area contributed by atoms with E-state index in [0.717, 1.165) is 50.5 Å². The molecular formula is C19H30N2O3. The highest BCUT2D eigenvalue weighted by molar-refractivity contribution is 4.98. The van der Waals surface area contributed by atoms with E-state index < -0.39 is 0 Å². The van der Waals surface area contributed by atoms with Crippen molar-refractivity contribution in [3.05, 3.63) is 24.2 Å². The molecule has 0 spiro atoms. The minimum Gasteiger partial charge on any atom is -0.468 e. The first-order chi connectivity index (χ1) is 11.8. The van der Waals surface area contributed by atoms with E-state index in [4.69, 9.17) is 13.9 Å². The van der Waals surface area contributed by atoms with Crippen LogP contribution in [0.2, 0.25) is 0 Å². The maximum Gasteiger partial charge on any atom is 0.117 e. The lowest BCUT2D eigenvalue weighted by Gasteiger charge is -2.37. The Balaban J connectivity index is 1.25. The molecule has 3 saturated heterocycles. The summed E-state index contributed by atoms with van der Waals surface area (Å²) in [6.45, 7) is 8.35. The van der Waals surface area contributed by atoms with Crippen LogP contribution in [0, 0.1) is 17.8 Å². The van der Waals surface area contributed by atoms with Crippen molar-refractivity contribution in [2.24, 2.45) is 17.8 Å². The quantitative estimate of drug-likeness (QED) is 0.796. The van der Waals surface area contributed by atoms with Gasteiger partial charge < -0.3 is 18.8 Å². The number of likely N-dealkylation sites (N-methyl/N-ethyl adjacent to an activating group) is 1. The molecule has 0 bridgehead atoms. The number of piperidine rings is 1. The van der Waals surface area contributed by atoms with Crippen molar-refractivity contribution in [3.63, 3.8) is 0 Å². The first kappa shape index (κ1) is 16.6.